The Morgan fingerprint density at radius 2 is 2.00 bits per heavy atom. The van der Waals surface area contributed by atoms with E-state index in [0.29, 0.717) is 41.9 Å². The summed E-state index contributed by atoms with van der Waals surface area (Å²) in [6.45, 7) is 0.828. The molecule has 29 heavy (non-hydrogen) atoms. The highest BCUT2D eigenvalue weighted by atomic mass is 16.6. The molecule has 3 rings (SSSR count). The highest BCUT2D eigenvalue weighted by Gasteiger charge is 2.17. The monoisotopic (exact) mass is 398 g/mol. The highest BCUT2D eigenvalue weighted by molar-refractivity contribution is 6.02. The van der Waals surface area contributed by atoms with Crippen molar-refractivity contribution in [2.75, 3.05) is 39.3 Å². The number of amides is 2. The van der Waals surface area contributed by atoms with Crippen LogP contribution >= 0.6 is 0 Å². The zero-order chi connectivity index (χ0) is 20.6. The molecule has 0 bridgehead atoms. The summed E-state index contributed by atoms with van der Waals surface area (Å²) in [7, 11) is 3.08. The van der Waals surface area contributed by atoms with Crippen molar-refractivity contribution < 1.29 is 28.5 Å². The minimum atomic E-state index is -0.317. The molecule has 2 aromatic rings. The first-order valence-electron chi connectivity index (χ1n) is 8.99. The number of ether oxygens (including phenoxy) is 4. The quantitative estimate of drug-likeness (QED) is 0.695. The largest absolute Gasteiger partial charge is 0.493 e. The summed E-state index contributed by atoms with van der Waals surface area (Å²) in [6, 6.07) is 10.4. The van der Waals surface area contributed by atoms with Crippen LogP contribution in [0.25, 0.3) is 6.08 Å². The molecular formula is C21H22N2O6. The van der Waals surface area contributed by atoms with Gasteiger partial charge in [-0.05, 0) is 35.9 Å². The molecular weight excluding hydrogens is 376 g/mol. The van der Waals surface area contributed by atoms with Gasteiger partial charge in [0.15, 0.2) is 18.1 Å². The van der Waals surface area contributed by atoms with E-state index in [1.807, 2.05) is 0 Å². The predicted octanol–water partition coefficient (Wildman–Crippen LogP) is 2.24. The summed E-state index contributed by atoms with van der Waals surface area (Å²) in [5.41, 5.74) is 1.29. The molecule has 0 fully saturated rings. The summed E-state index contributed by atoms with van der Waals surface area (Å²) >= 11 is 0. The van der Waals surface area contributed by atoms with Crippen LogP contribution in [0.4, 0.5) is 5.69 Å². The SMILES string of the molecule is CNC(=O)COc1cccc(NC(=O)/C=C/c2cc(OC)c3c(c2)OCCO3)c1. The summed E-state index contributed by atoms with van der Waals surface area (Å²) in [5, 5.41) is 5.22. The fourth-order valence-corrected chi connectivity index (χ4v) is 2.63. The van der Waals surface area contributed by atoms with Gasteiger partial charge < -0.3 is 29.6 Å². The molecule has 2 aromatic carbocycles. The molecule has 2 N–H and O–H groups in total. The Hall–Kier alpha value is -3.68. The third kappa shape index (κ3) is 5.41. The third-order valence-electron chi connectivity index (χ3n) is 4.03. The normalized spacial score (nSPS) is 12.3. The van der Waals surface area contributed by atoms with Crippen molar-refractivity contribution in [1.29, 1.82) is 0 Å². The molecule has 0 saturated carbocycles. The molecule has 152 valence electrons. The van der Waals surface area contributed by atoms with Crippen molar-refractivity contribution in [2.45, 2.75) is 0 Å². The van der Waals surface area contributed by atoms with Crippen LogP contribution in [0.2, 0.25) is 0 Å². The van der Waals surface area contributed by atoms with Gasteiger partial charge in [0, 0.05) is 24.9 Å². The molecule has 0 saturated heterocycles. The maximum absolute atomic E-state index is 12.3. The molecule has 1 heterocycles. The number of hydrogen-bond acceptors (Lipinski definition) is 6. The van der Waals surface area contributed by atoms with Gasteiger partial charge in [0.2, 0.25) is 11.7 Å². The summed E-state index contributed by atoms with van der Waals surface area (Å²) < 4.78 is 21.9. The van der Waals surface area contributed by atoms with Crippen LogP contribution in [0.15, 0.2) is 42.5 Å². The fourth-order valence-electron chi connectivity index (χ4n) is 2.63. The number of anilines is 1. The van der Waals surface area contributed by atoms with Gasteiger partial charge in [-0.25, -0.2) is 0 Å². The summed E-state index contributed by atoms with van der Waals surface area (Å²) in [6.07, 6.45) is 3.06. The lowest BCUT2D eigenvalue weighted by molar-refractivity contribution is -0.122. The third-order valence-corrected chi connectivity index (χ3v) is 4.03. The lowest BCUT2D eigenvalue weighted by Crippen LogP contribution is -2.24. The minimum Gasteiger partial charge on any atom is -0.493 e. The Bertz CT molecular complexity index is 908. The molecule has 1 aliphatic heterocycles. The molecule has 0 spiro atoms. The second-order valence-corrected chi connectivity index (χ2v) is 6.06. The molecule has 0 unspecified atom stereocenters. The van der Waals surface area contributed by atoms with E-state index in [1.165, 1.54) is 13.1 Å². The number of fused-ring (bicyclic) bond motifs is 1. The van der Waals surface area contributed by atoms with Gasteiger partial charge >= 0.3 is 0 Å². The smallest absolute Gasteiger partial charge is 0.257 e. The average molecular weight is 398 g/mol. The van der Waals surface area contributed by atoms with E-state index in [4.69, 9.17) is 18.9 Å². The number of likely N-dealkylation sites (N-methyl/N-ethyl adjacent to an activating group) is 1. The number of rotatable bonds is 7. The highest BCUT2D eigenvalue weighted by Crippen LogP contribution is 2.40. The van der Waals surface area contributed by atoms with Crippen molar-refractivity contribution in [3.05, 3.63) is 48.0 Å². The predicted molar refractivity (Wildman–Crippen MR) is 108 cm³/mol. The van der Waals surface area contributed by atoms with E-state index >= 15 is 0 Å². The molecule has 8 heteroatoms. The van der Waals surface area contributed by atoms with Crippen molar-refractivity contribution >= 4 is 23.6 Å². The number of benzene rings is 2. The molecule has 8 nitrogen and oxygen atoms in total. The van der Waals surface area contributed by atoms with Crippen LogP contribution in [0.3, 0.4) is 0 Å². The first-order valence-corrected chi connectivity index (χ1v) is 8.99. The van der Waals surface area contributed by atoms with E-state index in [9.17, 15) is 9.59 Å². The Balaban J connectivity index is 1.65. The van der Waals surface area contributed by atoms with Gasteiger partial charge in [-0.2, -0.15) is 0 Å². The summed E-state index contributed by atoms with van der Waals surface area (Å²) in [4.78, 5) is 23.5. The lowest BCUT2D eigenvalue weighted by atomic mass is 10.1. The van der Waals surface area contributed by atoms with E-state index in [-0.39, 0.29) is 18.4 Å². The molecule has 0 aliphatic carbocycles. The number of nitrogens with one attached hydrogen (secondary N) is 2. The first kappa shape index (κ1) is 20.1. The van der Waals surface area contributed by atoms with Crippen LogP contribution in [0.1, 0.15) is 5.56 Å². The number of methoxy groups -OCH3 is 1. The molecule has 2 amide bonds. The van der Waals surface area contributed by atoms with Crippen LogP contribution < -0.4 is 29.6 Å². The van der Waals surface area contributed by atoms with E-state index < -0.39 is 0 Å². The van der Waals surface area contributed by atoms with Crippen LogP contribution in [0, 0.1) is 0 Å². The Kier molecular flexibility index (Phi) is 6.57. The van der Waals surface area contributed by atoms with Crippen LogP contribution in [-0.4, -0.2) is 45.8 Å². The Morgan fingerprint density at radius 1 is 1.17 bits per heavy atom. The van der Waals surface area contributed by atoms with Crippen LogP contribution in [-0.2, 0) is 9.59 Å². The van der Waals surface area contributed by atoms with Gasteiger partial charge in [0.25, 0.3) is 5.91 Å². The second-order valence-electron chi connectivity index (χ2n) is 6.06. The van der Waals surface area contributed by atoms with Gasteiger partial charge in [-0.3, -0.25) is 9.59 Å². The number of carbonyl (C=O) groups excluding carboxylic acids is 2. The maximum Gasteiger partial charge on any atom is 0.257 e. The zero-order valence-corrected chi connectivity index (χ0v) is 16.2. The zero-order valence-electron chi connectivity index (χ0n) is 16.2. The van der Waals surface area contributed by atoms with E-state index in [1.54, 1.807) is 49.6 Å². The van der Waals surface area contributed by atoms with Crippen molar-refractivity contribution in [3.63, 3.8) is 0 Å². The minimum absolute atomic E-state index is 0.0975. The Labute approximate surface area is 168 Å². The fraction of sp³-hybridized carbons (Fsp3) is 0.238. The van der Waals surface area contributed by atoms with Gasteiger partial charge in [-0.1, -0.05) is 6.07 Å². The first-order chi connectivity index (χ1) is 14.1. The molecule has 1 aliphatic rings. The maximum atomic E-state index is 12.3. The summed E-state index contributed by atoms with van der Waals surface area (Å²) in [5.74, 6) is 1.61. The average Bonchev–Trinajstić information content (AvgIpc) is 2.75. The second kappa shape index (κ2) is 9.50. The van der Waals surface area contributed by atoms with E-state index in [2.05, 4.69) is 10.6 Å². The van der Waals surface area contributed by atoms with Gasteiger partial charge in [0.1, 0.15) is 19.0 Å². The molecule has 0 atom stereocenters. The van der Waals surface area contributed by atoms with E-state index in [0.717, 1.165) is 5.56 Å². The molecule has 0 aromatic heterocycles. The van der Waals surface area contributed by atoms with Crippen molar-refractivity contribution in [3.8, 4) is 23.0 Å². The molecule has 0 radical (unpaired) electrons. The van der Waals surface area contributed by atoms with Crippen LogP contribution in [0.5, 0.6) is 23.0 Å². The standard InChI is InChI=1S/C21H22N2O6/c1-22-20(25)13-29-16-5-3-4-15(12-16)23-19(24)7-6-14-10-17(26-2)21-18(11-14)27-8-9-28-21/h3-7,10-12H,8-9,13H2,1-2H3,(H,22,25)(H,23,24)/b7-6+. The van der Waals surface area contributed by atoms with Gasteiger partial charge in [-0.15, -0.1) is 0 Å². The number of hydrogen-bond donors (Lipinski definition) is 2. The van der Waals surface area contributed by atoms with Crippen molar-refractivity contribution in [1.82, 2.24) is 5.32 Å². The van der Waals surface area contributed by atoms with Gasteiger partial charge in [0.05, 0.1) is 7.11 Å². The van der Waals surface area contributed by atoms with Crippen molar-refractivity contribution in [2.24, 2.45) is 0 Å². The topological polar surface area (TPSA) is 95.1 Å². The number of carbonyl (C=O) groups is 2. The lowest BCUT2D eigenvalue weighted by Gasteiger charge is -2.20. The Morgan fingerprint density at radius 3 is 2.79 bits per heavy atom.